The van der Waals surface area contributed by atoms with Crippen LogP contribution < -0.4 is 5.73 Å². The highest BCUT2D eigenvalue weighted by molar-refractivity contribution is 5.93. The maximum Gasteiger partial charge on any atom is 0.141 e. The molecule has 0 spiro atoms. The number of likely N-dealkylation sites (tertiary alicyclic amines) is 1. The number of hydrogen-bond donors (Lipinski definition) is 2. The van der Waals surface area contributed by atoms with Crippen molar-refractivity contribution in [3.63, 3.8) is 0 Å². The molecule has 0 amide bonds. The lowest BCUT2D eigenvalue weighted by molar-refractivity contribution is 0.0968. The molecule has 104 valence electrons. The third-order valence-electron chi connectivity index (χ3n) is 3.62. The SMILES string of the molecule is COCC1CCN(Cc2ccnc(C(=N)N)c2)CC1. The van der Waals surface area contributed by atoms with Crippen LogP contribution in [0.1, 0.15) is 24.1 Å². The number of amidine groups is 1. The van der Waals surface area contributed by atoms with E-state index < -0.39 is 0 Å². The number of pyridine rings is 1. The van der Waals surface area contributed by atoms with E-state index in [9.17, 15) is 0 Å². The molecule has 5 heteroatoms. The molecule has 1 aliphatic rings. The fourth-order valence-corrected chi connectivity index (χ4v) is 2.53. The summed E-state index contributed by atoms with van der Waals surface area (Å²) in [5.41, 5.74) is 7.19. The lowest BCUT2D eigenvalue weighted by atomic mass is 9.97. The normalized spacial score (nSPS) is 17.5. The van der Waals surface area contributed by atoms with Gasteiger partial charge in [-0.1, -0.05) is 0 Å². The zero-order valence-electron chi connectivity index (χ0n) is 11.4. The minimum absolute atomic E-state index is 0.0284. The molecule has 0 aliphatic carbocycles. The Morgan fingerprint density at radius 3 is 2.89 bits per heavy atom. The summed E-state index contributed by atoms with van der Waals surface area (Å²) in [6.45, 7) is 3.98. The molecule has 3 N–H and O–H groups in total. The number of nitrogens with zero attached hydrogens (tertiary/aromatic N) is 2. The van der Waals surface area contributed by atoms with E-state index in [1.807, 2.05) is 12.1 Å². The first kappa shape index (κ1) is 14.0. The van der Waals surface area contributed by atoms with E-state index in [-0.39, 0.29) is 5.84 Å². The summed E-state index contributed by atoms with van der Waals surface area (Å²) in [5.74, 6) is 0.729. The molecule has 0 unspecified atom stereocenters. The number of nitrogens with two attached hydrogens (primary N) is 1. The van der Waals surface area contributed by atoms with Crippen molar-refractivity contribution in [1.82, 2.24) is 9.88 Å². The Labute approximate surface area is 114 Å². The van der Waals surface area contributed by atoms with E-state index in [4.69, 9.17) is 15.9 Å². The molecule has 1 saturated heterocycles. The predicted molar refractivity (Wildman–Crippen MR) is 75.1 cm³/mol. The van der Waals surface area contributed by atoms with Crippen molar-refractivity contribution in [2.45, 2.75) is 19.4 Å². The zero-order valence-corrected chi connectivity index (χ0v) is 11.4. The molecular formula is C14H22N4O. The van der Waals surface area contributed by atoms with Crippen LogP contribution in [-0.2, 0) is 11.3 Å². The van der Waals surface area contributed by atoms with Crippen LogP contribution in [0.3, 0.4) is 0 Å². The van der Waals surface area contributed by atoms with E-state index >= 15 is 0 Å². The molecule has 1 aromatic rings. The summed E-state index contributed by atoms with van der Waals surface area (Å²) < 4.78 is 5.21. The Hall–Kier alpha value is -1.46. The first-order chi connectivity index (χ1) is 9.19. The van der Waals surface area contributed by atoms with Gasteiger partial charge in [0.2, 0.25) is 0 Å². The topological polar surface area (TPSA) is 75.2 Å². The third kappa shape index (κ3) is 4.01. The Morgan fingerprint density at radius 2 is 2.26 bits per heavy atom. The maximum atomic E-state index is 7.41. The van der Waals surface area contributed by atoms with Gasteiger partial charge in [0.15, 0.2) is 0 Å². The summed E-state index contributed by atoms with van der Waals surface area (Å²) in [6, 6.07) is 3.90. The van der Waals surface area contributed by atoms with Gasteiger partial charge in [-0.2, -0.15) is 0 Å². The van der Waals surface area contributed by atoms with Gasteiger partial charge in [-0.05, 0) is 49.5 Å². The largest absolute Gasteiger partial charge is 0.384 e. The number of methoxy groups -OCH3 is 1. The number of ether oxygens (including phenoxy) is 1. The number of piperidine rings is 1. The lowest BCUT2D eigenvalue weighted by Gasteiger charge is -2.31. The summed E-state index contributed by atoms with van der Waals surface area (Å²) in [6.07, 6.45) is 4.11. The van der Waals surface area contributed by atoms with Crippen molar-refractivity contribution >= 4 is 5.84 Å². The molecule has 2 rings (SSSR count). The van der Waals surface area contributed by atoms with E-state index in [1.54, 1.807) is 13.3 Å². The Bertz CT molecular complexity index is 427. The Balaban J connectivity index is 1.88. The molecule has 1 aliphatic heterocycles. The van der Waals surface area contributed by atoms with Crippen LogP contribution in [0.15, 0.2) is 18.3 Å². The van der Waals surface area contributed by atoms with Gasteiger partial charge in [0, 0.05) is 26.5 Å². The molecule has 0 saturated carbocycles. The molecule has 0 atom stereocenters. The fourth-order valence-electron chi connectivity index (χ4n) is 2.53. The van der Waals surface area contributed by atoms with Crippen molar-refractivity contribution in [3.05, 3.63) is 29.6 Å². The van der Waals surface area contributed by atoms with Crippen LogP contribution in [0.25, 0.3) is 0 Å². The average molecular weight is 262 g/mol. The monoisotopic (exact) mass is 262 g/mol. The first-order valence-corrected chi connectivity index (χ1v) is 6.69. The van der Waals surface area contributed by atoms with Gasteiger partial charge in [0.05, 0.1) is 0 Å². The van der Waals surface area contributed by atoms with Crippen molar-refractivity contribution in [1.29, 1.82) is 5.41 Å². The van der Waals surface area contributed by atoms with Gasteiger partial charge in [0.25, 0.3) is 0 Å². The number of nitrogen functional groups attached to an aromatic ring is 1. The lowest BCUT2D eigenvalue weighted by Crippen LogP contribution is -2.34. The third-order valence-corrected chi connectivity index (χ3v) is 3.62. The molecule has 0 bridgehead atoms. The summed E-state index contributed by atoms with van der Waals surface area (Å²) >= 11 is 0. The summed E-state index contributed by atoms with van der Waals surface area (Å²) in [5, 5.41) is 7.41. The predicted octanol–water partition coefficient (Wildman–Crippen LogP) is 1.22. The highest BCUT2D eigenvalue weighted by Crippen LogP contribution is 2.19. The van der Waals surface area contributed by atoms with Gasteiger partial charge in [-0.25, -0.2) is 0 Å². The molecule has 2 heterocycles. The van der Waals surface area contributed by atoms with Gasteiger partial charge < -0.3 is 10.5 Å². The molecule has 1 aromatic heterocycles. The second kappa shape index (κ2) is 6.63. The zero-order chi connectivity index (χ0) is 13.7. The van der Waals surface area contributed by atoms with E-state index in [1.165, 1.54) is 18.4 Å². The van der Waals surface area contributed by atoms with Crippen molar-refractivity contribution < 1.29 is 4.74 Å². The molecule has 0 aromatic carbocycles. The van der Waals surface area contributed by atoms with Crippen LogP contribution in [0.4, 0.5) is 0 Å². The fraction of sp³-hybridized carbons (Fsp3) is 0.571. The van der Waals surface area contributed by atoms with Gasteiger partial charge in [-0.15, -0.1) is 0 Å². The summed E-state index contributed by atoms with van der Waals surface area (Å²) in [7, 11) is 1.77. The molecule has 5 nitrogen and oxygen atoms in total. The van der Waals surface area contributed by atoms with Gasteiger partial charge in [0.1, 0.15) is 11.5 Å². The molecule has 19 heavy (non-hydrogen) atoms. The van der Waals surface area contributed by atoms with Crippen LogP contribution >= 0.6 is 0 Å². The van der Waals surface area contributed by atoms with Gasteiger partial charge in [-0.3, -0.25) is 15.3 Å². The maximum absolute atomic E-state index is 7.41. The van der Waals surface area contributed by atoms with Crippen LogP contribution in [0.2, 0.25) is 0 Å². The first-order valence-electron chi connectivity index (χ1n) is 6.69. The molecule has 1 fully saturated rings. The van der Waals surface area contributed by atoms with Crippen LogP contribution in [-0.4, -0.2) is 42.5 Å². The van der Waals surface area contributed by atoms with Gasteiger partial charge >= 0.3 is 0 Å². The smallest absolute Gasteiger partial charge is 0.141 e. The van der Waals surface area contributed by atoms with Crippen LogP contribution in [0, 0.1) is 11.3 Å². The van der Waals surface area contributed by atoms with Crippen LogP contribution in [0.5, 0.6) is 0 Å². The number of rotatable bonds is 5. The quantitative estimate of drug-likeness (QED) is 0.618. The second-order valence-corrected chi connectivity index (χ2v) is 5.14. The molecule has 0 radical (unpaired) electrons. The van der Waals surface area contributed by atoms with Crippen molar-refractivity contribution in [3.8, 4) is 0 Å². The van der Waals surface area contributed by atoms with Crippen molar-refractivity contribution in [2.75, 3.05) is 26.8 Å². The number of aromatic nitrogens is 1. The minimum atomic E-state index is 0.0284. The number of hydrogen-bond acceptors (Lipinski definition) is 4. The minimum Gasteiger partial charge on any atom is -0.384 e. The summed E-state index contributed by atoms with van der Waals surface area (Å²) in [4.78, 5) is 6.52. The Kier molecular flexibility index (Phi) is 4.87. The van der Waals surface area contributed by atoms with Crippen molar-refractivity contribution in [2.24, 2.45) is 11.7 Å². The molecular weight excluding hydrogens is 240 g/mol. The standard InChI is InChI=1S/C14H22N4O/c1-19-10-11-3-6-18(7-4-11)9-12-2-5-17-13(8-12)14(15)16/h2,5,8,11H,3-4,6-7,9-10H2,1H3,(H3,15,16). The average Bonchev–Trinajstić information content (AvgIpc) is 2.42. The van der Waals surface area contributed by atoms with E-state index in [2.05, 4.69) is 9.88 Å². The van der Waals surface area contributed by atoms with E-state index in [0.29, 0.717) is 11.6 Å². The number of nitrogens with one attached hydrogen (secondary N) is 1. The second-order valence-electron chi connectivity index (χ2n) is 5.14. The highest BCUT2D eigenvalue weighted by Gasteiger charge is 2.19. The Morgan fingerprint density at radius 1 is 1.53 bits per heavy atom. The highest BCUT2D eigenvalue weighted by atomic mass is 16.5. The van der Waals surface area contributed by atoms with E-state index in [0.717, 1.165) is 26.2 Å².